The summed E-state index contributed by atoms with van der Waals surface area (Å²) in [6, 6.07) is 6.96. The Kier molecular flexibility index (Phi) is 4.94. The molecule has 1 amide bonds. The van der Waals surface area contributed by atoms with E-state index in [-0.39, 0.29) is 18.4 Å². The van der Waals surface area contributed by atoms with E-state index in [0.717, 1.165) is 18.4 Å². The highest BCUT2D eigenvalue weighted by atomic mass is 35.5. The Morgan fingerprint density at radius 2 is 2.10 bits per heavy atom. The molecule has 0 saturated heterocycles. The second-order valence-electron chi connectivity index (χ2n) is 5.68. The zero-order valence-corrected chi connectivity index (χ0v) is 13.8. The molecular weight excluding hydrogens is 310 g/mol. The van der Waals surface area contributed by atoms with Gasteiger partial charge in [-0.25, -0.2) is 8.42 Å². The normalized spacial score (nSPS) is 22.2. The molecule has 1 aromatic rings. The summed E-state index contributed by atoms with van der Waals surface area (Å²) in [7, 11) is -1.43. The standard InChI is InChI=1S/C15H20ClNO3S/c1-17(13-7-4-8-14(13)21(2,19)20)15(18)10-11-5-3-6-12(16)9-11/h3,5-6,9,13-14H,4,7-8,10H2,1-2H3. The molecule has 0 spiro atoms. The number of hydrogen-bond acceptors (Lipinski definition) is 3. The van der Waals surface area contributed by atoms with Crippen LogP contribution in [0.1, 0.15) is 24.8 Å². The fourth-order valence-electron chi connectivity index (χ4n) is 2.98. The van der Waals surface area contributed by atoms with Crippen LogP contribution in [0.2, 0.25) is 5.02 Å². The van der Waals surface area contributed by atoms with Gasteiger partial charge in [0.25, 0.3) is 0 Å². The van der Waals surface area contributed by atoms with Crippen molar-refractivity contribution in [2.75, 3.05) is 13.3 Å². The van der Waals surface area contributed by atoms with Gasteiger partial charge >= 0.3 is 0 Å². The SMILES string of the molecule is CN(C(=O)Cc1cccc(Cl)c1)C1CCCC1S(C)(=O)=O. The minimum Gasteiger partial charge on any atom is -0.341 e. The van der Waals surface area contributed by atoms with Crippen molar-refractivity contribution in [3.63, 3.8) is 0 Å². The van der Waals surface area contributed by atoms with Crippen molar-refractivity contribution in [3.05, 3.63) is 34.9 Å². The van der Waals surface area contributed by atoms with E-state index in [9.17, 15) is 13.2 Å². The first-order valence-electron chi connectivity index (χ1n) is 6.98. The van der Waals surface area contributed by atoms with Gasteiger partial charge in [-0.3, -0.25) is 4.79 Å². The minimum absolute atomic E-state index is 0.0715. The number of sulfone groups is 1. The zero-order valence-electron chi connectivity index (χ0n) is 12.3. The number of carbonyl (C=O) groups excluding carboxylic acids is 1. The second kappa shape index (κ2) is 6.36. The average Bonchev–Trinajstić information content (AvgIpc) is 2.86. The molecule has 0 aromatic heterocycles. The van der Waals surface area contributed by atoms with Crippen molar-refractivity contribution in [1.29, 1.82) is 0 Å². The third-order valence-corrected chi connectivity index (χ3v) is 5.99. The fourth-order valence-corrected chi connectivity index (χ4v) is 4.68. The highest BCUT2D eigenvalue weighted by molar-refractivity contribution is 7.91. The van der Waals surface area contributed by atoms with Crippen molar-refractivity contribution < 1.29 is 13.2 Å². The maximum Gasteiger partial charge on any atom is 0.227 e. The molecule has 0 heterocycles. The quantitative estimate of drug-likeness (QED) is 0.851. The van der Waals surface area contributed by atoms with Gasteiger partial charge in [0.05, 0.1) is 11.7 Å². The molecule has 1 saturated carbocycles. The number of halogens is 1. The number of likely N-dealkylation sites (N-methyl/N-ethyl adjacent to an activating group) is 1. The topological polar surface area (TPSA) is 54.5 Å². The number of carbonyl (C=O) groups is 1. The average molecular weight is 330 g/mol. The smallest absolute Gasteiger partial charge is 0.227 e. The van der Waals surface area contributed by atoms with Crippen LogP contribution < -0.4 is 0 Å². The van der Waals surface area contributed by atoms with Gasteiger partial charge in [-0.05, 0) is 37.0 Å². The Bertz CT molecular complexity index is 630. The maximum absolute atomic E-state index is 12.4. The van der Waals surface area contributed by atoms with E-state index >= 15 is 0 Å². The van der Waals surface area contributed by atoms with Gasteiger partial charge in [0, 0.05) is 24.4 Å². The molecule has 2 rings (SSSR count). The van der Waals surface area contributed by atoms with Crippen molar-refractivity contribution in [2.45, 2.75) is 37.0 Å². The summed E-state index contributed by atoms with van der Waals surface area (Å²) in [6.45, 7) is 0. The van der Waals surface area contributed by atoms with Crippen molar-refractivity contribution in [1.82, 2.24) is 4.90 Å². The number of hydrogen-bond donors (Lipinski definition) is 0. The largest absolute Gasteiger partial charge is 0.341 e. The van der Waals surface area contributed by atoms with Crippen molar-refractivity contribution >= 4 is 27.3 Å². The van der Waals surface area contributed by atoms with E-state index in [4.69, 9.17) is 11.6 Å². The molecule has 0 N–H and O–H groups in total. The van der Waals surface area contributed by atoms with Gasteiger partial charge in [0.2, 0.25) is 5.91 Å². The van der Waals surface area contributed by atoms with Crippen LogP contribution in [-0.4, -0.2) is 43.8 Å². The third kappa shape index (κ3) is 3.98. The predicted octanol–water partition coefficient (Wildman–Crippen LogP) is 2.31. The van der Waals surface area contributed by atoms with Crippen LogP contribution in [0, 0.1) is 0 Å². The Labute approximate surface area is 131 Å². The lowest BCUT2D eigenvalue weighted by Gasteiger charge is -2.29. The first-order chi connectivity index (χ1) is 9.79. The minimum atomic E-state index is -3.12. The lowest BCUT2D eigenvalue weighted by Crippen LogP contribution is -2.45. The monoisotopic (exact) mass is 329 g/mol. The highest BCUT2D eigenvalue weighted by Gasteiger charge is 2.38. The van der Waals surface area contributed by atoms with Crippen LogP contribution in [0.15, 0.2) is 24.3 Å². The highest BCUT2D eigenvalue weighted by Crippen LogP contribution is 2.29. The molecular formula is C15H20ClNO3S. The first kappa shape index (κ1) is 16.3. The predicted molar refractivity (Wildman–Crippen MR) is 84.2 cm³/mol. The van der Waals surface area contributed by atoms with Gasteiger partial charge in [0.1, 0.15) is 0 Å². The molecule has 4 nitrogen and oxygen atoms in total. The van der Waals surface area contributed by atoms with Gasteiger partial charge < -0.3 is 4.90 Å². The Hall–Kier alpha value is -1.07. The molecule has 1 aliphatic rings. The molecule has 0 radical (unpaired) electrons. The van der Waals surface area contributed by atoms with Crippen LogP contribution in [0.3, 0.4) is 0 Å². The van der Waals surface area contributed by atoms with Gasteiger partial charge in [-0.2, -0.15) is 0 Å². The molecule has 2 atom stereocenters. The second-order valence-corrected chi connectivity index (χ2v) is 8.38. The first-order valence-corrected chi connectivity index (χ1v) is 9.31. The summed E-state index contributed by atoms with van der Waals surface area (Å²) in [6.07, 6.45) is 3.72. The van der Waals surface area contributed by atoms with E-state index in [1.54, 1.807) is 30.1 Å². The molecule has 6 heteroatoms. The Morgan fingerprint density at radius 3 is 2.71 bits per heavy atom. The van der Waals surface area contributed by atoms with Gasteiger partial charge in [-0.1, -0.05) is 23.7 Å². The van der Waals surface area contributed by atoms with E-state index in [0.29, 0.717) is 11.4 Å². The lowest BCUT2D eigenvalue weighted by atomic mass is 10.1. The molecule has 0 aliphatic heterocycles. The summed E-state index contributed by atoms with van der Waals surface area (Å²) in [4.78, 5) is 14.0. The van der Waals surface area contributed by atoms with E-state index in [1.165, 1.54) is 6.26 Å². The number of benzene rings is 1. The lowest BCUT2D eigenvalue weighted by molar-refractivity contribution is -0.131. The number of nitrogens with zero attached hydrogens (tertiary/aromatic N) is 1. The number of amides is 1. The molecule has 2 unspecified atom stereocenters. The summed E-state index contributed by atoms with van der Waals surface area (Å²) < 4.78 is 23.6. The van der Waals surface area contributed by atoms with Crippen LogP contribution in [0.5, 0.6) is 0 Å². The van der Waals surface area contributed by atoms with E-state index in [1.807, 2.05) is 6.07 Å². The van der Waals surface area contributed by atoms with Gasteiger partial charge in [-0.15, -0.1) is 0 Å². The molecule has 1 fully saturated rings. The van der Waals surface area contributed by atoms with Gasteiger partial charge in [0.15, 0.2) is 9.84 Å². The molecule has 1 aliphatic carbocycles. The third-order valence-electron chi connectivity index (χ3n) is 4.10. The maximum atomic E-state index is 12.4. The Morgan fingerprint density at radius 1 is 1.38 bits per heavy atom. The van der Waals surface area contributed by atoms with Crippen LogP contribution in [0.4, 0.5) is 0 Å². The molecule has 0 bridgehead atoms. The number of rotatable bonds is 4. The fraction of sp³-hybridized carbons (Fsp3) is 0.533. The van der Waals surface area contributed by atoms with Crippen LogP contribution >= 0.6 is 11.6 Å². The van der Waals surface area contributed by atoms with E-state index < -0.39 is 15.1 Å². The molecule has 21 heavy (non-hydrogen) atoms. The summed E-state index contributed by atoms with van der Waals surface area (Å²) in [5.74, 6) is -0.0715. The summed E-state index contributed by atoms with van der Waals surface area (Å²) in [5, 5.41) is 0.156. The van der Waals surface area contributed by atoms with Crippen LogP contribution in [-0.2, 0) is 21.1 Å². The summed E-state index contributed by atoms with van der Waals surface area (Å²) >= 11 is 5.91. The molecule has 116 valence electrons. The van der Waals surface area contributed by atoms with Crippen LogP contribution in [0.25, 0.3) is 0 Å². The van der Waals surface area contributed by atoms with E-state index in [2.05, 4.69) is 0 Å². The molecule has 1 aromatic carbocycles. The summed E-state index contributed by atoms with van der Waals surface area (Å²) in [5.41, 5.74) is 0.841. The van der Waals surface area contributed by atoms with Crippen molar-refractivity contribution in [2.24, 2.45) is 0 Å². The Balaban J connectivity index is 2.09. The zero-order chi connectivity index (χ0) is 15.6. The van der Waals surface area contributed by atoms with Crippen molar-refractivity contribution in [3.8, 4) is 0 Å².